The number of aromatic nitrogens is 2. The number of carbonyl (C=O) groups is 2. The van der Waals surface area contributed by atoms with Crippen LogP contribution in [0.15, 0.2) is 59.5 Å². The van der Waals surface area contributed by atoms with E-state index in [1.54, 1.807) is 13.2 Å². The smallest absolute Gasteiger partial charge is 0.271 e. The molecular formula is C34H43N7O3. The Bertz CT molecular complexity index is 1560. The van der Waals surface area contributed by atoms with Gasteiger partial charge < -0.3 is 15.1 Å². The quantitative estimate of drug-likeness (QED) is 0.401. The van der Waals surface area contributed by atoms with Gasteiger partial charge in [0.25, 0.3) is 5.56 Å². The lowest BCUT2D eigenvalue weighted by atomic mass is 9.87. The highest BCUT2D eigenvalue weighted by atomic mass is 16.2. The van der Waals surface area contributed by atoms with Gasteiger partial charge in [0.1, 0.15) is 0 Å². The summed E-state index contributed by atoms with van der Waals surface area (Å²) in [6.45, 7) is 8.54. The topological polar surface area (TPSA) is 103 Å². The SMILES string of the molecule is Cc1c(NC2CC(c3ccc(CN4CCN(c5cccc(C6CCC(=O)NC6=O)c5)CC4)cc3)CN(C)C2)cnn(C)c1=O. The van der Waals surface area contributed by atoms with Crippen molar-refractivity contribution in [1.29, 1.82) is 0 Å². The maximum atomic E-state index is 12.4. The van der Waals surface area contributed by atoms with Crippen molar-refractivity contribution in [3.05, 3.63) is 87.3 Å². The van der Waals surface area contributed by atoms with Crippen molar-refractivity contribution in [2.24, 2.45) is 7.05 Å². The van der Waals surface area contributed by atoms with Gasteiger partial charge in [-0.3, -0.25) is 24.6 Å². The van der Waals surface area contributed by atoms with Gasteiger partial charge in [-0.05, 0) is 61.6 Å². The first kappa shape index (κ1) is 30.0. The second-order valence-electron chi connectivity index (χ2n) is 12.7. The van der Waals surface area contributed by atoms with Crippen LogP contribution >= 0.6 is 0 Å². The Morgan fingerprint density at radius 3 is 2.48 bits per heavy atom. The van der Waals surface area contributed by atoms with Crippen LogP contribution in [0.4, 0.5) is 11.4 Å². The first-order valence-electron chi connectivity index (χ1n) is 15.7. The molecule has 0 spiro atoms. The van der Waals surface area contributed by atoms with Gasteiger partial charge in [0, 0.05) is 76.6 Å². The molecule has 0 aliphatic carbocycles. The highest BCUT2D eigenvalue weighted by Gasteiger charge is 2.29. The highest BCUT2D eigenvalue weighted by Crippen LogP contribution is 2.30. The van der Waals surface area contributed by atoms with Crippen LogP contribution in [-0.2, 0) is 23.2 Å². The summed E-state index contributed by atoms with van der Waals surface area (Å²) in [6, 6.07) is 17.6. The molecule has 3 atom stereocenters. The van der Waals surface area contributed by atoms with Gasteiger partial charge in [-0.15, -0.1) is 0 Å². The minimum absolute atomic E-state index is 0.0632. The molecule has 3 unspecified atom stereocenters. The number of aryl methyl sites for hydroxylation is 1. The molecule has 3 aromatic rings. The van der Waals surface area contributed by atoms with Crippen molar-refractivity contribution in [3.8, 4) is 0 Å². The summed E-state index contributed by atoms with van der Waals surface area (Å²) in [6.07, 6.45) is 3.73. The number of likely N-dealkylation sites (N-methyl/N-ethyl adjacent to an activating group) is 1. The summed E-state index contributed by atoms with van der Waals surface area (Å²) in [5.41, 5.74) is 6.27. The second-order valence-corrected chi connectivity index (χ2v) is 12.7. The number of rotatable bonds is 7. The van der Waals surface area contributed by atoms with Gasteiger partial charge in [-0.25, -0.2) is 4.68 Å². The van der Waals surface area contributed by atoms with Crippen molar-refractivity contribution in [3.63, 3.8) is 0 Å². The minimum atomic E-state index is -0.256. The molecule has 4 heterocycles. The van der Waals surface area contributed by atoms with E-state index < -0.39 is 0 Å². The van der Waals surface area contributed by atoms with E-state index >= 15 is 0 Å². The van der Waals surface area contributed by atoms with Crippen LogP contribution in [0.2, 0.25) is 0 Å². The lowest BCUT2D eigenvalue weighted by molar-refractivity contribution is -0.134. The summed E-state index contributed by atoms with van der Waals surface area (Å²) >= 11 is 0. The van der Waals surface area contributed by atoms with E-state index in [1.807, 2.05) is 19.1 Å². The summed E-state index contributed by atoms with van der Waals surface area (Å²) in [5, 5.41) is 10.3. The van der Waals surface area contributed by atoms with Gasteiger partial charge in [0.15, 0.2) is 0 Å². The maximum absolute atomic E-state index is 12.4. The molecule has 3 aliphatic rings. The largest absolute Gasteiger partial charge is 0.379 e. The fraction of sp³-hybridized carbons (Fsp3) is 0.471. The number of nitrogens with zero attached hydrogens (tertiary/aromatic N) is 5. The van der Waals surface area contributed by atoms with Gasteiger partial charge in [0.05, 0.1) is 17.8 Å². The van der Waals surface area contributed by atoms with Crippen LogP contribution in [0, 0.1) is 6.92 Å². The molecule has 232 valence electrons. The summed E-state index contributed by atoms with van der Waals surface area (Å²) in [5.74, 6) is -0.203. The number of amides is 2. The molecule has 10 nitrogen and oxygen atoms in total. The average molecular weight is 598 g/mol. The Labute approximate surface area is 259 Å². The van der Waals surface area contributed by atoms with Gasteiger partial charge in [-0.2, -0.15) is 5.10 Å². The Morgan fingerprint density at radius 2 is 1.73 bits per heavy atom. The molecule has 3 saturated heterocycles. The average Bonchev–Trinajstić information content (AvgIpc) is 3.02. The van der Waals surface area contributed by atoms with E-state index in [1.165, 1.54) is 15.8 Å². The fourth-order valence-corrected chi connectivity index (χ4v) is 6.95. The van der Waals surface area contributed by atoms with E-state index in [2.05, 4.69) is 73.9 Å². The number of nitrogens with one attached hydrogen (secondary N) is 2. The minimum Gasteiger partial charge on any atom is -0.379 e. The molecule has 2 amide bonds. The number of imide groups is 1. The fourth-order valence-electron chi connectivity index (χ4n) is 6.95. The zero-order chi connectivity index (χ0) is 30.8. The summed E-state index contributed by atoms with van der Waals surface area (Å²) in [7, 11) is 3.84. The predicted octanol–water partition coefficient (Wildman–Crippen LogP) is 2.83. The van der Waals surface area contributed by atoms with E-state index in [-0.39, 0.29) is 29.3 Å². The Kier molecular flexibility index (Phi) is 8.81. The molecule has 1 aromatic heterocycles. The molecular weight excluding hydrogens is 554 g/mol. The van der Waals surface area contributed by atoms with Gasteiger partial charge >= 0.3 is 0 Å². The first-order valence-corrected chi connectivity index (χ1v) is 15.7. The number of piperidine rings is 2. The van der Waals surface area contributed by atoms with Crippen LogP contribution < -0.4 is 21.1 Å². The van der Waals surface area contributed by atoms with Crippen LogP contribution in [0.5, 0.6) is 0 Å². The molecule has 3 fully saturated rings. The molecule has 2 aromatic carbocycles. The van der Waals surface area contributed by atoms with Crippen molar-refractivity contribution in [1.82, 2.24) is 24.9 Å². The Morgan fingerprint density at radius 1 is 0.955 bits per heavy atom. The molecule has 10 heteroatoms. The lowest BCUT2D eigenvalue weighted by Crippen LogP contribution is -2.46. The van der Waals surface area contributed by atoms with Gasteiger partial charge in [-0.1, -0.05) is 36.4 Å². The van der Waals surface area contributed by atoms with Crippen LogP contribution in [0.3, 0.4) is 0 Å². The number of hydrogen-bond donors (Lipinski definition) is 2. The van der Waals surface area contributed by atoms with E-state index in [4.69, 9.17) is 0 Å². The van der Waals surface area contributed by atoms with Crippen molar-refractivity contribution < 1.29 is 9.59 Å². The Hall–Kier alpha value is -4.02. The van der Waals surface area contributed by atoms with Crippen molar-refractivity contribution >= 4 is 23.2 Å². The number of benzene rings is 2. The molecule has 6 rings (SSSR count). The number of piperazine rings is 1. The van der Waals surface area contributed by atoms with Gasteiger partial charge in [0.2, 0.25) is 11.8 Å². The molecule has 0 radical (unpaired) electrons. The molecule has 0 saturated carbocycles. The van der Waals surface area contributed by atoms with E-state index in [0.29, 0.717) is 24.3 Å². The number of hydrogen-bond acceptors (Lipinski definition) is 8. The van der Waals surface area contributed by atoms with Crippen molar-refractivity contribution in [2.75, 3.05) is 56.5 Å². The van der Waals surface area contributed by atoms with Crippen LogP contribution in [0.1, 0.15) is 53.4 Å². The van der Waals surface area contributed by atoms with Crippen LogP contribution in [-0.4, -0.2) is 83.8 Å². The zero-order valence-corrected chi connectivity index (χ0v) is 26.0. The number of carbonyl (C=O) groups excluding carboxylic acids is 2. The third-order valence-electron chi connectivity index (χ3n) is 9.48. The van der Waals surface area contributed by atoms with Crippen molar-refractivity contribution in [2.45, 2.75) is 50.6 Å². The first-order chi connectivity index (χ1) is 21.2. The molecule has 2 N–H and O–H groups in total. The number of anilines is 2. The molecule has 3 aliphatic heterocycles. The summed E-state index contributed by atoms with van der Waals surface area (Å²) in [4.78, 5) is 43.5. The van der Waals surface area contributed by atoms with Crippen LogP contribution in [0.25, 0.3) is 0 Å². The van der Waals surface area contributed by atoms with E-state index in [9.17, 15) is 14.4 Å². The van der Waals surface area contributed by atoms with E-state index in [0.717, 1.165) is 69.2 Å². The lowest BCUT2D eigenvalue weighted by Gasteiger charge is -2.37. The Balaban J connectivity index is 1.02. The summed E-state index contributed by atoms with van der Waals surface area (Å²) < 4.78 is 1.38. The predicted molar refractivity (Wildman–Crippen MR) is 172 cm³/mol. The third-order valence-corrected chi connectivity index (χ3v) is 9.48. The standard InChI is InChI=1S/C34H43N7O3/c1-23-31(19-35-39(3)34(23)44)36-28-17-27(21-38(2)22-28)25-9-7-24(8-10-25)20-40-13-15-41(16-14-40)29-6-4-5-26(18-29)30-11-12-32(42)37-33(30)43/h4-10,18-19,27-28,30,36H,11-17,20-22H2,1-3H3,(H,37,42,43). The number of likely N-dealkylation sites (tertiary alicyclic amines) is 1. The monoisotopic (exact) mass is 597 g/mol. The maximum Gasteiger partial charge on any atom is 0.271 e. The highest BCUT2D eigenvalue weighted by molar-refractivity contribution is 6.01. The molecule has 44 heavy (non-hydrogen) atoms. The third kappa shape index (κ3) is 6.71. The molecule has 0 bridgehead atoms. The normalized spacial score (nSPS) is 23.4. The zero-order valence-electron chi connectivity index (χ0n) is 26.0. The second kappa shape index (κ2) is 12.9.